The number of nitrogens with one attached hydrogen (secondary N) is 2. The molecule has 0 amide bonds. The van der Waals surface area contributed by atoms with Gasteiger partial charge in [-0.2, -0.15) is 0 Å². The van der Waals surface area contributed by atoms with E-state index >= 15 is 0 Å². The molecule has 1 aromatic heterocycles. The molecule has 0 saturated carbocycles. The molecule has 0 bridgehead atoms. The van der Waals surface area contributed by atoms with Gasteiger partial charge in [0.2, 0.25) is 0 Å². The van der Waals surface area contributed by atoms with Crippen molar-refractivity contribution in [3.63, 3.8) is 0 Å². The van der Waals surface area contributed by atoms with E-state index in [0.717, 1.165) is 23.9 Å². The van der Waals surface area contributed by atoms with Gasteiger partial charge in [-0.15, -0.1) is 5.10 Å². The van der Waals surface area contributed by atoms with E-state index in [2.05, 4.69) is 29.4 Å². The van der Waals surface area contributed by atoms with Crippen LogP contribution in [-0.4, -0.2) is 33.1 Å². The minimum Gasteiger partial charge on any atom is -0.315 e. The van der Waals surface area contributed by atoms with Gasteiger partial charge in [-0.25, -0.2) is 9.89 Å². The molecule has 0 aliphatic rings. The fourth-order valence-electron chi connectivity index (χ4n) is 2.01. The Bertz CT molecular complexity index is 413. The van der Waals surface area contributed by atoms with Gasteiger partial charge in [0.25, 0.3) is 0 Å². The number of hydrogen-bond donors (Lipinski definition) is 2. The highest BCUT2D eigenvalue weighted by atomic mass is 32.2. The zero-order valence-electron chi connectivity index (χ0n) is 12.4. The van der Waals surface area contributed by atoms with Gasteiger partial charge < -0.3 is 5.32 Å². The Kier molecular flexibility index (Phi) is 7.23. The first kappa shape index (κ1) is 16.3. The summed E-state index contributed by atoms with van der Waals surface area (Å²) < 4.78 is 1.71. The summed E-state index contributed by atoms with van der Waals surface area (Å²) in [5, 5.41) is 10.8. The first-order valence-corrected chi connectivity index (χ1v) is 8.07. The molecule has 0 aliphatic carbocycles. The Morgan fingerprint density at radius 2 is 2.11 bits per heavy atom. The van der Waals surface area contributed by atoms with Crippen LogP contribution < -0.4 is 11.0 Å². The molecule has 110 valence electrons. The van der Waals surface area contributed by atoms with Crippen LogP contribution in [0, 0.1) is 0 Å². The normalized spacial score (nSPS) is 13.1. The van der Waals surface area contributed by atoms with Crippen LogP contribution in [0.4, 0.5) is 0 Å². The number of unbranched alkanes of at least 4 members (excludes halogenated alkanes) is 1. The lowest BCUT2D eigenvalue weighted by Crippen LogP contribution is -2.25. The number of rotatable bonds is 9. The molecule has 0 saturated heterocycles. The van der Waals surface area contributed by atoms with Gasteiger partial charge in [0.05, 0.1) is 0 Å². The molecule has 0 radical (unpaired) electrons. The van der Waals surface area contributed by atoms with Crippen molar-refractivity contribution in [1.29, 1.82) is 0 Å². The van der Waals surface area contributed by atoms with E-state index in [0.29, 0.717) is 6.04 Å². The summed E-state index contributed by atoms with van der Waals surface area (Å²) in [5.74, 6) is 1.01. The number of H-pyrrole nitrogens is 1. The van der Waals surface area contributed by atoms with Gasteiger partial charge >= 0.3 is 5.69 Å². The number of aromatic amines is 1. The predicted octanol–water partition coefficient (Wildman–Crippen LogP) is 2.41. The maximum Gasteiger partial charge on any atom is 0.344 e. The highest BCUT2D eigenvalue weighted by Gasteiger charge is 2.11. The van der Waals surface area contributed by atoms with Crippen LogP contribution in [0.1, 0.15) is 53.0 Å². The molecule has 0 fully saturated rings. The molecule has 1 atom stereocenters. The van der Waals surface area contributed by atoms with Crippen molar-refractivity contribution < 1.29 is 0 Å². The second kappa shape index (κ2) is 8.43. The number of nitrogens with zero attached hydrogens (tertiary/aromatic N) is 2. The highest BCUT2D eigenvalue weighted by molar-refractivity contribution is 7.99. The topological polar surface area (TPSA) is 62.7 Å². The summed E-state index contributed by atoms with van der Waals surface area (Å²) in [7, 11) is 0. The zero-order valence-corrected chi connectivity index (χ0v) is 13.2. The number of aromatic nitrogens is 3. The van der Waals surface area contributed by atoms with E-state index in [4.69, 9.17) is 0 Å². The van der Waals surface area contributed by atoms with Crippen LogP contribution in [0.15, 0.2) is 9.95 Å². The minimum absolute atomic E-state index is 0.113. The fourth-order valence-corrected chi connectivity index (χ4v) is 3.09. The van der Waals surface area contributed by atoms with Gasteiger partial charge in [-0.3, -0.25) is 4.57 Å². The standard InChI is InChI=1S/C13H26N4OS/c1-5-14-11(4)8-6-7-9-19-13-16-15-12(18)17(13)10(2)3/h10-11,14H,5-9H2,1-4H3,(H,15,18). The molecule has 5 nitrogen and oxygen atoms in total. The van der Waals surface area contributed by atoms with E-state index in [1.165, 1.54) is 12.8 Å². The Morgan fingerprint density at radius 1 is 1.37 bits per heavy atom. The Hall–Kier alpha value is -0.750. The van der Waals surface area contributed by atoms with Crippen molar-refractivity contribution in [2.75, 3.05) is 12.3 Å². The van der Waals surface area contributed by atoms with Gasteiger partial charge in [0.15, 0.2) is 5.16 Å². The molecular weight excluding hydrogens is 260 g/mol. The molecule has 2 N–H and O–H groups in total. The van der Waals surface area contributed by atoms with Crippen LogP contribution in [0.2, 0.25) is 0 Å². The average molecular weight is 286 g/mol. The van der Waals surface area contributed by atoms with Crippen molar-refractivity contribution in [3.8, 4) is 0 Å². The molecule has 0 spiro atoms. The Labute approximate surface area is 119 Å². The van der Waals surface area contributed by atoms with Crippen molar-refractivity contribution in [2.45, 2.75) is 64.2 Å². The van der Waals surface area contributed by atoms with Crippen molar-refractivity contribution in [2.24, 2.45) is 0 Å². The minimum atomic E-state index is -0.113. The lowest BCUT2D eigenvalue weighted by Gasteiger charge is -2.11. The average Bonchev–Trinajstić information content (AvgIpc) is 2.70. The van der Waals surface area contributed by atoms with E-state index < -0.39 is 0 Å². The maximum absolute atomic E-state index is 11.6. The third-order valence-corrected chi connectivity index (χ3v) is 4.04. The molecule has 1 unspecified atom stereocenters. The van der Waals surface area contributed by atoms with Crippen LogP contribution in [0.5, 0.6) is 0 Å². The summed E-state index contributed by atoms with van der Waals surface area (Å²) in [6, 6.07) is 0.747. The number of hydrogen-bond acceptors (Lipinski definition) is 4. The van der Waals surface area contributed by atoms with Crippen LogP contribution in [0.3, 0.4) is 0 Å². The molecule has 19 heavy (non-hydrogen) atoms. The van der Waals surface area contributed by atoms with Gasteiger partial charge in [0.1, 0.15) is 0 Å². The molecule has 1 rings (SSSR count). The van der Waals surface area contributed by atoms with Crippen LogP contribution in [0.25, 0.3) is 0 Å². The largest absolute Gasteiger partial charge is 0.344 e. The summed E-state index contributed by atoms with van der Waals surface area (Å²) in [5.41, 5.74) is -0.113. The Morgan fingerprint density at radius 3 is 2.74 bits per heavy atom. The van der Waals surface area contributed by atoms with E-state index in [-0.39, 0.29) is 11.7 Å². The SMILES string of the molecule is CCNC(C)CCCCSc1n[nH]c(=O)n1C(C)C. The third-order valence-electron chi connectivity index (χ3n) is 3.00. The molecule has 1 heterocycles. The van der Waals surface area contributed by atoms with Crippen molar-refractivity contribution in [1.82, 2.24) is 20.1 Å². The lowest BCUT2D eigenvalue weighted by atomic mass is 10.1. The lowest BCUT2D eigenvalue weighted by molar-refractivity contribution is 0.509. The molecular formula is C13H26N4OS. The van der Waals surface area contributed by atoms with E-state index in [1.54, 1.807) is 16.3 Å². The summed E-state index contributed by atoms with van der Waals surface area (Å²) >= 11 is 1.66. The zero-order chi connectivity index (χ0) is 14.3. The van der Waals surface area contributed by atoms with E-state index in [1.807, 2.05) is 13.8 Å². The molecule has 1 aromatic rings. The fraction of sp³-hybridized carbons (Fsp3) is 0.846. The summed E-state index contributed by atoms with van der Waals surface area (Å²) in [4.78, 5) is 11.6. The van der Waals surface area contributed by atoms with Gasteiger partial charge in [-0.1, -0.05) is 25.1 Å². The second-order valence-corrected chi connectivity index (χ2v) is 6.14. The smallest absolute Gasteiger partial charge is 0.315 e. The predicted molar refractivity (Wildman–Crippen MR) is 80.9 cm³/mol. The Balaban J connectivity index is 2.28. The molecule has 0 aromatic carbocycles. The summed E-state index contributed by atoms with van der Waals surface area (Å²) in [6.45, 7) is 9.39. The van der Waals surface area contributed by atoms with Crippen molar-refractivity contribution in [3.05, 3.63) is 10.5 Å². The first-order valence-electron chi connectivity index (χ1n) is 7.09. The number of thioether (sulfide) groups is 1. The van der Waals surface area contributed by atoms with Gasteiger partial charge in [-0.05, 0) is 40.2 Å². The quantitative estimate of drug-likeness (QED) is 0.540. The van der Waals surface area contributed by atoms with Gasteiger partial charge in [0, 0.05) is 17.8 Å². The maximum atomic E-state index is 11.6. The summed E-state index contributed by atoms with van der Waals surface area (Å²) in [6.07, 6.45) is 3.56. The molecule has 0 aliphatic heterocycles. The first-order chi connectivity index (χ1) is 9.06. The second-order valence-electron chi connectivity index (χ2n) is 5.08. The molecule has 6 heteroatoms. The van der Waals surface area contributed by atoms with E-state index in [9.17, 15) is 4.79 Å². The monoisotopic (exact) mass is 286 g/mol. The highest BCUT2D eigenvalue weighted by Crippen LogP contribution is 2.18. The van der Waals surface area contributed by atoms with Crippen LogP contribution >= 0.6 is 11.8 Å². The van der Waals surface area contributed by atoms with Crippen molar-refractivity contribution >= 4 is 11.8 Å². The third kappa shape index (κ3) is 5.40. The van der Waals surface area contributed by atoms with Crippen LogP contribution in [-0.2, 0) is 0 Å².